The number of fused-ring (bicyclic) bond motifs is 1. The zero-order valence-corrected chi connectivity index (χ0v) is 17.2. The molecule has 3 rings (SSSR count). The number of halogens is 5. The molecule has 3 aromatic rings. The van der Waals surface area contributed by atoms with E-state index in [1.165, 1.54) is 4.40 Å². The molecular formula is C19H15BrClF3N2O2. The number of alkyl halides is 3. The Balaban J connectivity index is 2.03. The summed E-state index contributed by atoms with van der Waals surface area (Å²) in [6.07, 6.45) is -3.65. The van der Waals surface area contributed by atoms with Crippen molar-refractivity contribution in [2.75, 3.05) is 0 Å². The molecule has 4 nitrogen and oxygen atoms in total. The van der Waals surface area contributed by atoms with Gasteiger partial charge in [-0.1, -0.05) is 37.6 Å². The Morgan fingerprint density at radius 1 is 1.32 bits per heavy atom. The molecule has 28 heavy (non-hydrogen) atoms. The van der Waals surface area contributed by atoms with E-state index in [0.29, 0.717) is 21.4 Å². The molecule has 0 atom stereocenters. The highest BCUT2D eigenvalue weighted by molar-refractivity contribution is 9.10. The van der Waals surface area contributed by atoms with Crippen LogP contribution >= 0.6 is 27.5 Å². The van der Waals surface area contributed by atoms with Gasteiger partial charge in [0.05, 0.1) is 27.5 Å². The maximum atomic E-state index is 13.2. The van der Waals surface area contributed by atoms with E-state index in [4.69, 9.17) is 16.3 Å². The monoisotopic (exact) mass is 474 g/mol. The normalized spacial score (nSPS) is 12.0. The van der Waals surface area contributed by atoms with E-state index in [9.17, 15) is 18.0 Å². The van der Waals surface area contributed by atoms with Crippen molar-refractivity contribution in [2.45, 2.75) is 32.5 Å². The van der Waals surface area contributed by atoms with Gasteiger partial charge < -0.3 is 4.74 Å². The first-order chi connectivity index (χ1) is 13.1. The lowest BCUT2D eigenvalue weighted by molar-refractivity contribution is -0.137. The number of benzene rings is 1. The summed E-state index contributed by atoms with van der Waals surface area (Å²) >= 11 is 9.31. The maximum Gasteiger partial charge on any atom is 0.417 e. The number of nitrogens with zero attached hydrogens (tertiary/aromatic N) is 2. The van der Waals surface area contributed by atoms with Crippen LogP contribution in [0.2, 0.25) is 5.02 Å². The molecule has 0 saturated carbocycles. The number of hydrogen-bond acceptors (Lipinski definition) is 3. The van der Waals surface area contributed by atoms with Gasteiger partial charge in [-0.15, -0.1) is 0 Å². The number of aromatic nitrogens is 2. The third kappa shape index (κ3) is 4.03. The van der Waals surface area contributed by atoms with Gasteiger partial charge in [-0.2, -0.15) is 13.2 Å². The summed E-state index contributed by atoms with van der Waals surface area (Å²) in [5.74, 6) is -0.710. The minimum Gasteiger partial charge on any atom is -0.456 e. The van der Waals surface area contributed by atoms with Gasteiger partial charge in [0.1, 0.15) is 6.61 Å². The van der Waals surface area contributed by atoms with Crippen LogP contribution in [0.5, 0.6) is 0 Å². The molecule has 0 N–H and O–H groups in total. The fourth-order valence-corrected chi connectivity index (χ4v) is 3.47. The lowest BCUT2D eigenvalue weighted by Gasteiger charge is -2.12. The van der Waals surface area contributed by atoms with E-state index < -0.39 is 17.7 Å². The van der Waals surface area contributed by atoms with E-state index in [2.05, 4.69) is 20.9 Å². The van der Waals surface area contributed by atoms with Crippen molar-refractivity contribution in [3.8, 4) is 0 Å². The highest BCUT2D eigenvalue weighted by Crippen LogP contribution is 2.34. The Kier molecular flexibility index (Phi) is 5.72. The summed E-state index contributed by atoms with van der Waals surface area (Å²) < 4.78 is 46.7. The summed E-state index contributed by atoms with van der Waals surface area (Å²) in [5.41, 5.74) is 0.456. The van der Waals surface area contributed by atoms with Crippen LogP contribution in [0.3, 0.4) is 0 Å². The largest absolute Gasteiger partial charge is 0.456 e. The highest BCUT2D eigenvalue weighted by Gasteiger charge is 2.32. The number of pyridine rings is 1. The number of carbonyl (C=O) groups is 1. The minimum atomic E-state index is -4.57. The first-order valence-electron chi connectivity index (χ1n) is 8.28. The van der Waals surface area contributed by atoms with Gasteiger partial charge in [-0.25, -0.2) is 9.78 Å². The van der Waals surface area contributed by atoms with Gasteiger partial charge in [-0.05, 0) is 40.0 Å². The summed E-state index contributed by atoms with van der Waals surface area (Å²) in [4.78, 5) is 16.7. The SMILES string of the molecule is CC(C)c1nc2c(Cl)cc(C(F)(F)F)cn2c1COC(=O)c1ccccc1Br. The molecule has 2 heterocycles. The van der Waals surface area contributed by atoms with Crippen LogP contribution in [0.25, 0.3) is 5.65 Å². The van der Waals surface area contributed by atoms with Crippen molar-refractivity contribution in [2.24, 2.45) is 0 Å². The topological polar surface area (TPSA) is 43.6 Å². The molecule has 0 fully saturated rings. The lowest BCUT2D eigenvalue weighted by atomic mass is 10.1. The van der Waals surface area contributed by atoms with Crippen molar-refractivity contribution in [3.63, 3.8) is 0 Å². The number of ether oxygens (including phenoxy) is 1. The van der Waals surface area contributed by atoms with Crippen molar-refractivity contribution < 1.29 is 22.7 Å². The number of rotatable bonds is 4. The zero-order chi connectivity index (χ0) is 20.6. The molecule has 0 aliphatic heterocycles. The fourth-order valence-electron chi connectivity index (χ4n) is 2.77. The highest BCUT2D eigenvalue weighted by atomic mass is 79.9. The Morgan fingerprint density at radius 3 is 2.61 bits per heavy atom. The summed E-state index contributed by atoms with van der Waals surface area (Å²) in [6, 6.07) is 7.56. The summed E-state index contributed by atoms with van der Waals surface area (Å²) in [5, 5.41) is -0.125. The van der Waals surface area contributed by atoms with E-state index >= 15 is 0 Å². The van der Waals surface area contributed by atoms with Gasteiger partial charge in [0.2, 0.25) is 0 Å². The predicted octanol–water partition coefficient (Wildman–Crippen LogP) is 6.25. The molecule has 9 heteroatoms. The van der Waals surface area contributed by atoms with Crippen molar-refractivity contribution in [1.29, 1.82) is 0 Å². The smallest absolute Gasteiger partial charge is 0.417 e. The maximum absolute atomic E-state index is 13.2. The second-order valence-electron chi connectivity index (χ2n) is 6.42. The molecule has 148 valence electrons. The Morgan fingerprint density at radius 2 is 2.00 bits per heavy atom. The van der Waals surface area contributed by atoms with Gasteiger partial charge in [-0.3, -0.25) is 4.40 Å². The van der Waals surface area contributed by atoms with Gasteiger partial charge in [0.25, 0.3) is 0 Å². The standard InChI is InChI=1S/C19H15BrClF3N2O2/c1-10(2)16-15(9-28-18(27)12-5-3-4-6-13(12)20)26-8-11(19(22,23)24)7-14(21)17(26)25-16/h3-8,10H,9H2,1-2H3. The molecule has 0 spiro atoms. The molecule has 0 aliphatic carbocycles. The van der Waals surface area contributed by atoms with E-state index in [1.54, 1.807) is 24.3 Å². The molecule has 0 amide bonds. The van der Waals surface area contributed by atoms with Crippen LogP contribution in [0.4, 0.5) is 13.2 Å². The minimum absolute atomic E-state index is 0.109. The van der Waals surface area contributed by atoms with Crippen molar-refractivity contribution in [3.05, 3.63) is 68.5 Å². The van der Waals surface area contributed by atoms with Crippen LogP contribution in [0.1, 0.15) is 47.1 Å². The third-order valence-electron chi connectivity index (χ3n) is 4.11. The van der Waals surface area contributed by atoms with Gasteiger partial charge >= 0.3 is 12.1 Å². The molecule has 0 radical (unpaired) electrons. The first-order valence-corrected chi connectivity index (χ1v) is 9.46. The molecule has 0 bridgehead atoms. The molecular weight excluding hydrogens is 461 g/mol. The van der Waals surface area contributed by atoms with E-state index in [1.807, 2.05) is 13.8 Å². The second kappa shape index (κ2) is 7.75. The Bertz CT molecular complexity index is 1050. The van der Waals surface area contributed by atoms with Crippen LogP contribution < -0.4 is 0 Å². The Hall–Kier alpha value is -2.06. The molecule has 2 aromatic heterocycles. The van der Waals surface area contributed by atoms with Crippen LogP contribution in [-0.4, -0.2) is 15.4 Å². The summed E-state index contributed by atoms with van der Waals surface area (Å²) in [7, 11) is 0. The fraction of sp³-hybridized carbons (Fsp3) is 0.263. The van der Waals surface area contributed by atoms with Gasteiger partial charge in [0.15, 0.2) is 5.65 Å². The van der Waals surface area contributed by atoms with Crippen molar-refractivity contribution >= 4 is 39.1 Å². The van der Waals surface area contributed by atoms with Crippen molar-refractivity contribution in [1.82, 2.24) is 9.38 Å². The van der Waals surface area contributed by atoms with E-state index in [0.717, 1.165) is 12.3 Å². The van der Waals surface area contributed by atoms with Gasteiger partial charge in [0, 0.05) is 10.7 Å². The number of hydrogen-bond donors (Lipinski definition) is 0. The molecule has 0 aliphatic rings. The first kappa shape index (κ1) is 20.7. The zero-order valence-electron chi connectivity index (χ0n) is 14.8. The average molecular weight is 476 g/mol. The van der Waals surface area contributed by atoms with Crippen LogP contribution in [0, 0.1) is 0 Å². The lowest BCUT2D eigenvalue weighted by Crippen LogP contribution is -2.11. The number of imidazole rings is 1. The van der Waals surface area contributed by atoms with E-state index in [-0.39, 0.29) is 23.2 Å². The average Bonchev–Trinajstić information content (AvgIpc) is 2.99. The number of carbonyl (C=O) groups excluding carboxylic acids is 1. The molecule has 0 saturated heterocycles. The third-order valence-corrected chi connectivity index (χ3v) is 5.08. The van der Waals surface area contributed by atoms with Crippen LogP contribution in [-0.2, 0) is 17.5 Å². The number of esters is 1. The predicted molar refractivity (Wildman–Crippen MR) is 103 cm³/mol. The molecule has 0 unspecified atom stereocenters. The molecule has 1 aromatic carbocycles. The second-order valence-corrected chi connectivity index (χ2v) is 7.68. The van der Waals surface area contributed by atoms with Crippen LogP contribution in [0.15, 0.2) is 41.0 Å². The summed E-state index contributed by atoms with van der Waals surface area (Å²) in [6.45, 7) is 3.45. The quantitative estimate of drug-likeness (QED) is 0.419. The Labute approximate surface area is 172 Å².